The van der Waals surface area contributed by atoms with Crippen LogP contribution in [0.5, 0.6) is 5.75 Å². The molecular weight excluding hydrogens is 416 g/mol. The van der Waals surface area contributed by atoms with Crippen molar-refractivity contribution < 1.29 is 19.1 Å². The average molecular weight is 447 g/mol. The van der Waals surface area contributed by atoms with Gasteiger partial charge in [-0.3, -0.25) is 4.79 Å². The molecule has 0 saturated heterocycles. The Hall–Kier alpha value is -3.28. The Morgan fingerprint density at radius 2 is 1.82 bits per heavy atom. The van der Waals surface area contributed by atoms with Gasteiger partial charge in [0.25, 0.3) is 5.91 Å². The second-order valence-electron chi connectivity index (χ2n) is 9.27. The molecule has 1 aliphatic carbocycles. The number of hydrogen-bond acceptors (Lipinski definition) is 4. The smallest absolute Gasteiger partial charge is 0.337 e. The number of aromatic nitrogens is 1. The van der Waals surface area contributed by atoms with Gasteiger partial charge in [0.15, 0.2) is 6.10 Å². The van der Waals surface area contributed by atoms with Crippen LogP contribution in [0.2, 0.25) is 0 Å². The van der Waals surface area contributed by atoms with E-state index >= 15 is 0 Å². The monoisotopic (exact) mass is 446 g/mol. The number of methoxy groups -OCH3 is 1. The van der Waals surface area contributed by atoms with Crippen LogP contribution >= 0.6 is 0 Å². The van der Waals surface area contributed by atoms with Gasteiger partial charge in [0.2, 0.25) is 0 Å². The fourth-order valence-corrected chi connectivity index (χ4v) is 5.44. The number of esters is 1. The number of amides is 1. The zero-order valence-electron chi connectivity index (χ0n) is 19.5. The molecule has 2 heterocycles. The fraction of sp³-hybridized carbons (Fsp3) is 0.407. The van der Waals surface area contributed by atoms with Crippen molar-refractivity contribution in [1.29, 1.82) is 0 Å². The lowest BCUT2D eigenvalue weighted by Gasteiger charge is -2.23. The number of rotatable bonds is 3. The fourth-order valence-electron chi connectivity index (χ4n) is 5.44. The van der Waals surface area contributed by atoms with E-state index in [1.54, 1.807) is 19.0 Å². The summed E-state index contributed by atoms with van der Waals surface area (Å²) in [7, 11) is 4.90. The van der Waals surface area contributed by atoms with Crippen LogP contribution in [0.4, 0.5) is 0 Å². The summed E-state index contributed by atoms with van der Waals surface area (Å²) in [5.74, 6) is 0.723. The third-order valence-corrected chi connectivity index (χ3v) is 7.01. The van der Waals surface area contributed by atoms with E-state index in [9.17, 15) is 9.59 Å². The summed E-state index contributed by atoms with van der Waals surface area (Å²) in [6.45, 7) is 0.384. The highest BCUT2D eigenvalue weighted by molar-refractivity contribution is 5.99. The molecular formula is C27H30N2O4. The molecule has 1 saturated carbocycles. The van der Waals surface area contributed by atoms with E-state index < -0.39 is 6.10 Å². The summed E-state index contributed by atoms with van der Waals surface area (Å²) in [6, 6.07) is 13.8. The van der Waals surface area contributed by atoms with E-state index in [1.165, 1.54) is 31.9 Å². The number of fused-ring (bicyclic) bond motifs is 5. The maximum absolute atomic E-state index is 13.0. The van der Waals surface area contributed by atoms with Gasteiger partial charge < -0.3 is 18.9 Å². The van der Waals surface area contributed by atoms with Gasteiger partial charge in [-0.05, 0) is 48.6 Å². The highest BCUT2D eigenvalue weighted by atomic mass is 16.5. The first-order valence-electron chi connectivity index (χ1n) is 11.7. The largest absolute Gasteiger partial charge is 0.478 e. The summed E-state index contributed by atoms with van der Waals surface area (Å²) in [5.41, 5.74) is 4.89. The van der Waals surface area contributed by atoms with E-state index in [4.69, 9.17) is 9.47 Å². The van der Waals surface area contributed by atoms with Crippen LogP contribution in [0.3, 0.4) is 0 Å². The molecule has 2 aliphatic rings. The number of benzene rings is 2. The molecule has 6 heteroatoms. The van der Waals surface area contributed by atoms with Crippen LogP contribution in [0.1, 0.15) is 53.9 Å². The molecule has 1 atom stereocenters. The molecule has 3 aromatic rings. The van der Waals surface area contributed by atoms with Crippen LogP contribution in [0.15, 0.2) is 42.5 Å². The second kappa shape index (κ2) is 8.58. The molecule has 1 aliphatic heterocycles. The highest BCUT2D eigenvalue weighted by Crippen LogP contribution is 2.47. The molecule has 0 N–H and O–H groups in total. The van der Waals surface area contributed by atoms with Crippen LogP contribution in [-0.4, -0.2) is 48.7 Å². The van der Waals surface area contributed by atoms with Crippen molar-refractivity contribution in [2.75, 3.05) is 21.2 Å². The number of ether oxygens (including phenoxy) is 2. The van der Waals surface area contributed by atoms with Crippen LogP contribution in [-0.2, 0) is 16.1 Å². The van der Waals surface area contributed by atoms with Gasteiger partial charge in [-0.1, -0.05) is 37.5 Å². The molecule has 0 spiro atoms. The van der Waals surface area contributed by atoms with Gasteiger partial charge in [0, 0.05) is 30.6 Å². The third-order valence-electron chi connectivity index (χ3n) is 7.01. The molecule has 6 nitrogen and oxygen atoms in total. The van der Waals surface area contributed by atoms with Crippen molar-refractivity contribution in [2.24, 2.45) is 0 Å². The van der Waals surface area contributed by atoms with Crippen molar-refractivity contribution in [3.63, 3.8) is 0 Å². The topological polar surface area (TPSA) is 60.8 Å². The minimum absolute atomic E-state index is 0.0807. The molecule has 5 rings (SSSR count). The van der Waals surface area contributed by atoms with E-state index in [1.807, 2.05) is 30.3 Å². The van der Waals surface area contributed by atoms with E-state index in [2.05, 4.69) is 16.7 Å². The lowest BCUT2D eigenvalue weighted by atomic mass is 9.81. The lowest BCUT2D eigenvalue weighted by molar-refractivity contribution is -0.136. The number of para-hydroxylation sites is 1. The zero-order valence-corrected chi connectivity index (χ0v) is 19.5. The van der Waals surface area contributed by atoms with Crippen molar-refractivity contribution in [3.05, 3.63) is 53.6 Å². The van der Waals surface area contributed by atoms with E-state index in [0.717, 1.165) is 40.8 Å². The molecule has 1 fully saturated rings. The van der Waals surface area contributed by atoms with E-state index in [0.29, 0.717) is 18.0 Å². The Bertz CT molecular complexity index is 1220. The number of nitrogens with zero attached hydrogens (tertiary/aromatic N) is 2. The summed E-state index contributed by atoms with van der Waals surface area (Å²) in [6.07, 6.45) is 5.35. The molecule has 0 radical (unpaired) electrons. The predicted octanol–water partition coefficient (Wildman–Crippen LogP) is 4.99. The Morgan fingerprint density at radius 3 is 2.55 bits per heavy atom. The highest BCUT2D eigenvalue weighted by Gasteiger charge is 2.34. The molecule has 1 unspecified atom stereocenters. The summed E-state index contributed by atoms with van der Waals surface area (Å²) >= 11 is 0. The Balaban J connectivity index is 1.81. The van der Waals surface area contributed by atoms with Crippen LogP contribution in [0.25, 0.3) is 22.2 Å². The standard InChI is InChI=1S/C27H30N2O4/c1-28(2)26(30)23-16-29-21-15-18(27(31)32-3)13-14-19(21)24(17-9-5-4-6-10-17)25(29)20-11-7-8-12-22(20)33-23/h7-8,11-15,17,23H,4-6,9-10,16H2,1-3H3. The first-order chi connectivity index (χ1) is 16.0. The van der Waals surface area contributed by atoms with Crippen LogP contribution < -0.4 is 4.74 Å². The van der Waals surface area contributed by atoms with Gasteiger partial charge in [0.1, 0.15) is 5.75 Å². The van der Waals surface area contributed by atoms with Gasteiger partial charge in [-0.15, -0.1) is 0 Å². The number of hydrogen-bond donors (Lipinski definition) is 0. The predicted molar refractivity (Wildman–Crippen MR) is 128 cm³/mol. The Kier molecular flexibility index (Phi) is 5.60. The third kappa shape index (κ3) is 3.67. The van der Waals surface area contributed by atoms with Gasteiger partial charge in [-0.25, -0.2) is 4.79 Å². The average Bonchev–Trinajstić information content (AvgIpc) is 3.05. The van der Waals surface area contributed by atoms with Crippen molar-refractivity contribution in [3.8, 4) is 17.0 Å². The SMILES string of the molecule is COC(=O)c1ccc2c(C3CCCCC3)c3n(c2c1)CC(C(=O)N(C)C)Oc1ccccc1-3. The maximum Gasteiger partial charge on any atom is 0.337 e. The summed E-state index contributed by atoms with van der Waals surface area (Å²) in [5, 5.41) is 1.15. The number of carbonyl (C=O) groups excluding carboxylic acids is 2. The van der Waals surface area contributed by atoms with Crippen molar-refractivity contribution in [1.82, 2.24) is 9.47 Å². The minimum atomic E-state index is -0.654. The molecule has 33 heavy (non-hydrogen) atoms. The van der Waals surface area contributed by atoms with Crippen molar-refractivity contribution >= 4 is 22.8 Å². The Morgan fingerprint density at radius 1 is 1.06 bits per heavy atom. The molecule has 1 aromatic heterocycles. The second-order valence-corrected chi connectivity index (χ2v) is 9.27. The lowest BCUT2D eigenvalue weighted by Crippen LogP contribution is -2.39. The van der Waals surface area contributed by atoms with Gasteiger partial charge in [0.05, 0.1) is 24.9 Å². The van der Waals surface area contributed by atoms with Gasteiger partial charge >= 0.3 is 5.97 Å². The molecule has 2 aromatic carbocycles. The van der Waals surface area contributed by atoms with E-state index in [-0.39, 0.29) is 11.9 Å². The summed E-state index contributed by atoms with van der Waals surface area (Å²) < 4.78 is 13.5. The minimum Gasteiger partial charge on any atom is -0.478 e. The number of likely N-dealkylation sites (N-methyl/N-ethyl adjacent to an activating group) is 1. The van der Waals surface area contributed by atoms with Gasteiger partial charge in [-0.2, -0.15) is 0 Å². The quantitative estimate of drug-likeness (QED) is 0.532. The molecule has 1 amide bonds. The number of carbonyl (C=O) groups is 2. The summed E-state index contributed by atoms with van der Waals surface area (Å²) in [4.78, 5) is 27.0. The Labute approximate surface area is 194 Å². The van der Waals surface area contributed by atoms with Crippen LogP contribution in [0, 0.1) is 0 Å². The first-order valence-corrected chi connectivity index (χ1v) is 11.7. The van der Waals surface area contributed by atoms with Crippen molar-refractivity contribution in [2.45, 2.75) is 50.7 Å². The normalized spacial score (nSPS) is 18.1. The first kappa shape index (κ1) is 21.6. The molecule has 172 valence electrons. The maximum atomic E-state index is 13.0. The zero-order chi connectivity index (χ0) is 23.1. The molecule has 0 bridgehead atoms.